The lowest BCUT2D eigenvalue weighted by Crippen LogP contribution is -2.44. The molecule has 1 fully saturated rings. The van der Waals surface area contributed by atoms with Gasteiger partial charge in [0.15, 0.2) is 0 Å². The summed E-state index contributed by atoms with van der Waals surface area (Å²) < 4.78 is 35.9. The van der Waals surface area contributed by atoms with Gasteiger partial charge in [-0.1, -0.05) is 0 Å². The van der Waals surface area contributed by atoms with E-state index in [0.717, 1.165) is 17.7 Å². The van der Waals surface area contributed by atoms with Crippen LogP contribution in [0.2, 0.25) is 0 Å². The average molecular weight is 224 g/mol. The van der Waals surface area contributed by atoms with Gasteiger partial charge in [-0.2, -0.15) is 13.2 Å². The van der Waals surface area contributed by atoms with E-state index >= 15 is 0 Å². The normalized spacial score (nSPS) is 18.7. The van der Waals surface area contributed by atoms with Gasteiger partial charge >= 0.3 is 6.18 Å². The minimum atomic E-state index is -4.44. The van der Waals surface area contributed by atoms with E-state index in [1.54, 1.807) is 0 Å². The van der Waals surface area contributed by atoms with Crippen molar-refractivity contribution in [3.8, 4) is 0 Å². The van der Waals surface area contributed by atoms with Crippen LogP contribution in [0.4, 0.5) is 13.2 Å². The first-order valence-corrected chi connectivity index (χ1v) is 4.87. The van der Waals surface area contributed by atoms with Crippen molar-refractivity contribution in [2.45, 2.75) is 31.5 Å². The fraction of sp³-hybridized carbons (Fsp3) is 0.889. The molecular weight excluding hydrogens is 209 g/mol. The summed E-state index contributed by atoms with van der Waals surface area (Å²) in [6.07, 6.45) is -3.93. The molecule has 1 unspecified atom stereocenters. The molecule has 1 aliphatic rings. The topological polar surface area (TPSA) is 46.3 Å². The van der Waals surface area contributed by atoms with Crippen LogP contribution < -0.4 is 5.73 Å². The third-order valence-corrected chi connectivity index (χ3v) is 2.65. The van der Waals surface area contributed by atoms with Gasteiger partial charge in [-0.05, 0) is 18.8 Å². The van der Waals surface area contributed by atoms with Crippen LogP contribution in [0.15, 0.2) is 0 Å². The Kier molecular flexibility index (Phi) is 3.59. The van der Waals surface area contributed by atoms with E-state index in [-0.39, 0.29) is 18.5 Å². The molecule has 0 heterocycles. The van der Waals surface area contributed by atoms with Crippen molar-refractivity contribution >= 4 is 5.91 Å². The standard InChI is InChI=1S/C9H15F3N2O/c1-14(7(5-13)6-2-3-6)8(15)4-9(10,11)12/h6-7H,2-5,13H2,1H3. The monoisotopic (exact) mass is 224 g/mol. The molecule has 0 aliphatic heterocycles. The second-order valence-electron chi connectivity index (χ2n) is 3.94. The third-order valence-electron chi connectivity index (χ3n) is 2.65. The molecule has 15 heavy (non-hydrogen) atoms. The van der Waals surface area contributed by atoms with Crippen LogP contribution in [0.3, 0.4) is 0 Å². The van der Waals surface area contributed by atoms with Crippen molar-refractivity contribution < 1.29 is 18.0 Å². The van der Waals surface area contributed by atoms with Gasteiger partial charge in [-0.15, -0.1) is 0 Å². The van der Waals surface area contributed by atoms with Gasteiger partial charge in [0.05, 0.1) is 0 Å². The Morgan fingerprint density at radius 3 is 2.40 bits per heavy atom. The first kappa shape index (κ1) is 12.3. The molecule has 0 spiro atoms. The zero-order valence-electron chi connectivity index (χ0n) is 8.55. The summed E-state index contributed by atoms with van der Waals surface area (Å²) in [6.45, 7) is 0.227. The summed E-state index contributed by atoms with van der Waals surface area (Å²) in [7, 11) is 1.39. The Balaban J connectivity index is 2.50. The number of nitrogens with two attached hydrogens (primary N) is 1. The molecule has 0 aromatic rings. The Labute approximate surface area is 86.4 Å². The first-order chi connectivity index (χ1) is 6.85. The number of amides is 1. The molecule has 6 heteroatoms. The molecule has 0 aromatic carbocycles. The van der Waals surface area contributed by atoms with Crippen molar-refractivity contribution in [2.75, 3.05) is 13.6 Å². The number of nitrogens with zero attached hydrogens (tertiary/aromatic N) is 1. The molecule has 1 aliphatic carbocycles. The van der Waals surface area contributed by atoms with Gasteiger partial charge < -0.3 is 10.6 Å². The number of carbonyl (C=O) groups is 1. The van der Waals surface area contributed by atoms with Gasteiger partial charge in [-0.25, -0.2) is 0 Å². The summed E-state index contributed by atoms with van der Waals surface area (Å²) in [5, 5.41) is 0. The average Bonchev–Trinajstić information content (AvgIpc) is 2.86. The van der Waals surface area contributed by atoms with E-state index in [1.165, 1.54) is 7.05 Å². The van der Waals surface area contributed by atoms with Crippen molar-refractivity contribution in [1.82, 2.24) is 4.90 Å². The molecule has 1 amide bonds. The van der Waals surface area contributed by atoms with Crippen LogP contribution in [-0.4, -0.2) is 36.6 Å². The Bertz CT molecular complexity index is 238. The maximum atomic E-state index is 12.0. The lowest BCUT2D eigenvalue weighted by molar-refractivity contribution is -0.162. The van der Waals surface area contributed by atoms with E-state index in [9.17, 15) is 18.0 Å². The van der Waals surface area contributed by atoms with Crippen molar-refractivity contribution in [2.24, 2.45) is 11.7 Å². The summed E-state index contributed by atoms with van der Waals surface area (Å²) in [5.74, 6) is -0.609. The highest BCUT2D eigenvalue weighted by Crippen LogP contribution is 2.35. The van der Waals surface area contributed by atoms with Crippen LogP contribution in [0.25, 0.3) is 0 Å². The molecule has 0 saturated heterocycles. The molecule has 1 atom stereocenters. The van der Waals surface area contributed by atoms with E-state index in [2.05, 4.69) is 0 Å². The van der Waals surface area contributed by atoms with Crippen LogP contribution in [0.1, 0.15) is 19.3 Å². The number of alkyl halides is 3. The summed E-state index contributed by atoms with van der Waals surface area (Å²) >= 11 is 0. The molecule has 88 valence electrons. The number of hydrogen-bond acceptors (Lipinski definition) is 2. The fourth-order valence-corrected chi connectivity index (χ4v) is 1.63. The predicted molar refractivity (Wildman–Crippen MR) is 49.0 cm³/mol. The highest BCUT2D eigenvalue weighted by molar-refractivity contribution is 5.77. The number of hydrogen-bond donors (Lipinski definition) is 1. The third kappa shape index (κ3) is 3.70. The zero-order chi connectivity index (χ0) is 11.6. The maximum Gasteiger partial charge on any atom is 0.397 e. The smallest absolute Gasteiger partial charge is 0.341 e. The minimum absolute atomic E-state index is 0.227. The number of halogens is 3. The SMILES string of the molecule is CN(C(=O)CC(F)(F)F)C(CN)C1CC1. The van der Waals surface area contributed by atoms with Gasteiger partial charge in [0.25, 0.3) is 0 Å². The van der Waals surface area contributed by atoms with Crippen molar-refractivity contribution in [1.29, 1.82) is 0 Å². The fourth-order valence-electron chi connectivity index (χ4n) is 1.63. The molecular formula is C9H15F3N2O. The van der Waals surface area contributed by atoms with Gasteiger partial charge in [-0.3, -0.25) is 4.79 Å². The highest BCUT2D eigenvalue weighted by atomic mass is 19.4. The Morgan fingerprint density at radius 2 is 2.07 bits per heavy atom. The number of likely N-dealkylation sites (N-methyl/N-ethyl adjacent to an activating group) is 1. The van der Waals surface area contributed by atoms with E-state index in [4.69, 9.17) is 5.73 Å². The summed E-state index contributed by atoms with van der Waals surface area (Å²) in [5.41, 5.74) is 5.44. The Morgan fingerprint density at radius 1 is 1.53 bits per heavy atom. The molecule has 2 N–H and O–H groups in total. The van der Waals surface area contributed by atoms with E-state index < -0.39 is 18.5 Å². The Hall–Kier alpha value is -0.780. The predicted octanol–water partition coefficient (Wildman–Crippen LogP) is 1.13. The molecule has 0 radical (unpaired) electrons. The molecule has 1 rings (SSSR count). The van der Waals surface area contributed by atoms with Crippen molar-refractivity contribution in [3.05, 3.63) is 0 Å². The van der Waals surface area contributed by atoms with E-state index in [1.807, 2.05) is 0 Å². The largest absolute Gasteiger partial charge is 0.397 e. The van der Waals surface area contributed by atoms with Crippen LogP contribution in [-0.2, 0) is 4.79 Å². The quantitative estimate of drug-likeness (QED) is 0.778. The molecule has 0 bridgehead atoms. The minimum Gasteiger partial charge on any atom is -0.341 e. The van der Waals surface area contributed by atoms with Gasteiger partial charge in [0.2, 0.25) is 5.91 Å². The van der Waals surface area contributed by atoms with Crippen LogP contribution >= 0.6 is 0 Å². The second kappa shape index (κ2) is 4.38. The summed E-state index contributed by atoms with van der Waals surface area (Å²) in [6, 6.07) is -0.236. The lowest BCUT2D eigenvalue weighted by Gasteiger charge is -2.27. The van der Waals surface area contributed by atoms with Gasteiger partial charge in [0, 0.05) is 19.6 Å². The lowest BCUT2D eigenvalue weighted by atomic mass is 10.1. The molecule has 1 saturated carbocycles. The van der Waals surface area contributed by atoms with Crippen LogP contribution in [0.5, 0.6) is 0 Å². The highest BCUT2D eigenvalue weighted by Gasteiger charge is 2.38. The second-order valence-corrected chi connectivity index (χ2v) is 3.94. The zero-order valence-corrected chi connectivity index (χ0v) is 8.55. The maximum absolute atomic E-state index is 12.0. The van der Waals surface area contributed by atoms with Crippen molar-refractivity contribution in [3.63, 3.8) is 0 Å². The summed E-state index contributed by atoms with van der Waals surface area (Å²) in [4.78, 5) is 12.4. The van der Waals surface area contributed by atoms with Gasteiger partial charge in [0.1, 0.15) is 6.42 Å². The first-order valence-electron chi connectivity index (χ1n) is 4.87. The number of rotatable bonds is 4. The van der Waals surface area contributed by atoms with Crippen LogP contribution in [0, 0.1) is 5.92 Å². The van der Waals surface area contributed by atoms with E-state index in [0.29, 0.717) is 0 Å². The molecule has 0 aromatic heterocycles. The number of carbonyl (C=O) groups excluding carboxylic acids is 1. The molecule has 3 nitrogen and oxygen atoms in total.